The van der Waals surface area contributed by atoms with Crippen molar-refractivity contribution in [1.29, 1.82) is 0 Å². The van der Waals surface area contributed by atoms with Crippen LogP contribution in [0.3, 0.4) is 0 Å². The first-order chi connectivity index (χ1) is 5.77. The van der Waals surface area contributed by atoms with E-state index in [2.05, 4.69) is 5.32 Å². The van der Waals surface area contributed by atoms with Crippen molar-refractivity contribution in [2.24, 2.45) is 0 Å². The number of anilines is 1. The Morgan fingerprint density at radius 2 is 2.17 bits per heavy atom. The van der Waals surface area contributed by atoms with E-state index < -0.39 is 0 Å². The van der Waals surface area contributed by atoms with Gasteiger partial charge in [0.05, 0.1) is 0 Å². The molecule has 0 heterocycles. The van der Waals surface area contributed by atoms with E-state index in [4.69, 9.17) is 5.11 Å². The summed E-state index contributed by atoms with van der Waals surface area (Å²) in [5.74, 6) is 0.239. The minimum absolute atomic E-state index is 0.0563. The van der Waals surface area contributed by atoms with E-state index in [1.807, 2.05) is 13.1 Å². The van der Waals surface area contributed by atoms with E-state index in [0.717, 1.165) is 11.3 Å². The second-order valence-corrected chi connectivity index (χ2v) is 2.57. The second-order valence-electron chi connectivity index (χ2n) is 2.57. The second kappa shape index (κ2) is 3.97. The molecular weight excluding hydrogens is 154 g/mol. The zero-order valence-electron chi connectivity index (χ0n) is 7.04. The first-order valence-electron chi connectivity index (χ1n) is 3.88. The van der Waals surface area contributed by atoms with Crippen molar-refractivity contribution in [2.75, 3.05) is 19.0 Å². The number of rotatable bonds is 3. The zero-order valence-corrected chi connectivity index (χ0v) is 7.04. The molecule has 0 aliphatic carbocycles. The van der Waals surface area contributed by atoms with Crippen LogP contribution in [0.15, 0.2) is 18.2 Å². The fraction of sp³-hybridized carbons (Fsp3) is 0.333. The van der Waals surface area contributed by atoms with Gasteiger partial charge in [0.15, 0.2) is 0 Å². The van der Waals surface area contributed by atoms with Crippen LogP contribution in [0.25, 0.3) is 0 Å². The molecule has 66 valence electrons. The lowest BCUT2D eigenvalue weighted by Crippen LogP contribution is -1.94. The molecule has 0 aromatic heterocycles. The molecule has 1 rings (SSSR count). The number of aliphatic hydroxyl groups is 1. The first-order valence-corrected chi connectivity index (χ1v) is 3.88. The van der Waals surface area contributed by atoms with Gasteiger partial charge in [0.2, 0.25) is 0 Å². The molecule has 0 amide bonds. The predicted octanol–water partition coefficient (Wildman–Crippen LogP) is 0.969. The van der Waals surface area contributed by atoms with E-state index in [-0.39, 0.29) is 12.4 Å². The van der Waals surface area contributed by atoms with Gasteiger partial charge < -0.3 is 15.5 Å². The average molecular weight is 167 g/mol. The van der Waals surface area contributed by atoms with Crippen molar-refractivity contribution in [3.63, 3.8) is 0 Å². The first kappa shape index (κ1) is 8.87. The van der Waals surface area contributed by atoms with Gasteiger partial charge in [-0.1, -0.05) is 0 Å². The Balaban J connectivity index is 2.91. The SMILES string of the molecule is CNc1ccc(O)c(CCO)c1. The lowest BCUT2D eigenvalue weighted by molar-refractivity contribution is 0.297. The topological polar surface area (TPSA) is 52.5 Å². The van der Waals surface area contributed by atoms with Crippen LogP contribution in [-0.2, 0) is 6.42 Å². The van der Waals surface area contributed by atoms with Crippen LogP contribution in [0.1, 0.15) is 5.56 Å². The zero-order chi connectivity index (χ0) is 8.97. The van der Waals surface area contributed by atoms with E-state index in [0.29, 0.717) is 6.42 Å². The van der Waals surface area contributed by atoms with Crippen molar-refractivity contribution < 1.29 is 10.2 Å². The molecule has 0 fully saturated rings. The van der Waals surface area contributed by atoms with Gasteiger partial charge in [-0.2, -0.15) is 0 Å². The largest absolute Gasteiger partial charge is 0.508 e. The molecular formula is C9H13NO2. The van der Waals surface area contributed by atoms with E-state index in [1.165, 1.54) is 0 Å². The van der Waals surface area contributed by atoms with Crippen molar-refractivity contribution in [2.45, 2.75) is 6.42 Å². The summed E-state index contributed by atoms with van der Waals surface area (Å²) in [5, 5.41) is 21.0. The van der Waals surface area contributed by atoms with Gasteiger partial charge in [-0.25, -0.2) is 0 Å². The van der Waals surface area contributed by atoms with Gasteiger partial charge in [-0.15, -0.1) is 0 Å². The highest BCUT2D eigenvalue weighted by molar-refractivity contribution is 5.50. The summed E-state index contributed by atoms with van der Waals surface area (Å²) < 4.78 is 0. The van der Waals surface area contributed by atoms with Crippen molar-refractivity contribution >= 4 is 5.69 Å². The Morgan fingerprint density at radius 1 is 1.42 bits per heavy atom. The normalized spacial score (nSPS) is 9.83. The summed E-state index contributed by atoms with van der Waals surface area (Å²) in [5.41, 5.74) is 1.71. The van der Waals surface area contributed by atoms with Crippen LogP contribution in [-0.4, -0.2) is 23.9 Å². The fourth-order valence-electron chi connectivity index (χ4n) is 1.06. The third-order valence-electron chi connectivity index (χ3n) is 1.75. The average Bonchev–Trinajstić information content (AvgIpc) is 2.09. The summed E-state index contributed by atoms with van der Waals surface area (Å²) in [4.78, 5) is 0. The van der Waals surface area contributed by atoms with Crippen LogP contribution in [0, 0.1) is 0 Å². The molecule has 3 heteroatoms. The molecule has 0 spiro atoms. The number of nitrogens with one attached hydrogen (secondary N) is 1. The number of aromatic hydroxyl groups is 1. The smallest absolute Gasteiger partial charge is 0.119 e. The molecule has 0 saturated heterocycles. The molecule has 0 unspecified atom stereocenters. The highest BCUT2D eigenvalue weighted by atomic mass is 16.3. The number of hydrogen-bond donors (Lipinski definition) is 3. The van der Waals surface area contributed by atoms with Gasteiger partial charge >= 0.3 is 0 Å². The molecule has 0 radical (unpaired) electrons. The summed E-state index contributed by atoms with van der Waals surface area (Å²) in [6, 6.07) is 5.23. The van der Waals surface area contributed by atoms with E-state index >= 15 is 0 Å². The number of benzene rings is 1. The maximum absolute atomic E-state index is 9.32. The van der Waals surface area contributed by atoms with Crippen molar-refractivity contribution in [1.82, 2.24) is 0 Å². The predicted molar refractivity (Wildman–Crippen MR) is 48.4 cm³/mol. The lowest BCUT2D eigenvalue weighted by Gasteiger charge is -2.05. The molecule has 0 atom stereocenters. The van der Waals surface area contributed by atoms with Gasteiger partial charge in [-0.3, -0.25) is 0 Å². The molecule has 0 aliphatic heterocycles. The molecule has 3 N–H and O–H groups in total. The van der Waals surface area contributed by atoms with E-state index in [1.54, 1.807) is 12.1 Å². The fourth-order valence-corrected chi connectivity index (χ4v) is 1.06. The Hall–Kier alpha value is -1.22. The third kappa shape index (κ3) is 1.89. The third-order valence-corrected chi connectivity index (χ3v) is 1.75. The minimum atomic E-state index is 0.0563. The number of phenolic OH excluding ortho intramolecular Hbond substituents is 1. The van der Waals surface area contributed by atoms with Gasteiger partial charge in [0.1, 0.15) is 5.75 Å². The highest BCUT2D eigenvalue weighted by Crippen LogP contribution is 2.21. The number of hydrogen-bond acceptors (Lipinski definition) is 3. The molecule has 0 aliphatic rings. The lowest BCUT2D eigenvalue weighted by atomic mass is 10.1. The van der Waals surface area contributed by atoms with Gasteiger partial charge in [-0.05, 0) is 30.2 Å². The standard InChI is InChI=1S/C9H13NO2/c1-10-8-2-3-9(12)7(6-8)4-5-11/h2-3,6,10-12H,4-5H2,1H3. The molecule has 0 bridgehead atoms. The summed E-state index contributed by atoms with van der Waals surface area (Å²) in [6.07, 6.45) is 0.487. The Bertz CT molecular complexity index is 261. The van der Waals surface area contributed by atoms with Crippen LogP contribution in [0.5, 0.6) is 5.75 Å². The molecule has 12 heavy (non-hydrogen) atoms. The highest BCUT2D eigenvalue weighted by Gasteiger charge is 2.00. The summed E-state index contributed by atoms with van der Waals surface area (Å²) in [7, 11) is 1.81. The molecule has 3 nitrogen and oxygen atoms in total. The van der Waals surface area contributed by atoms with Crippen LogP contribution < -0.4 is 5.32 Å². The van der Waals surface area contributed by atoms with Crippen LogP contribution >= 0.6 is 0 Å². The van der Waals surface area contributed by atoms with Crippen molar-refractivity contribution in [3.05, 3.63) is 23.8 Å². The molecule has 0 saturated carbocycles. The van der Waals surface area contributed by atoms with Gasteiger partial charge in [0, 0.05) is 19.3 Å². The number of aliphatic hydroxyl groups excluding tert-OH is 1. The maximum Gasteiger partial charge on any atom is 0.119 e. The Kier molecular flexibility index (Phi) is 2.94. The Labute approximate surface area is 71.7 Å². The van der Waals surface area contributed by atoms with Crippen molar-refractivity contribution in [3.8, 4) is 5.75 Å². The summed E-state index contributed by atoms with van der Waals surface area (Å²) >= 11 is 0. The Morgan fingerprint density at radius 3 is 2.75 bits per heavy atom. The quantitative estimate of drug-likeness (QED) is 0.588. The van der Waals surface area contributed by atoms with Crippen LogP contribution in [0.2, 0.25) is 0 Å². The summed E-state index contributed by atoms with van der Waals surface area (Å²) in [6.45, 7) is 0.0563. The minimum Gasteiger partial charge on any atom is -0.508 e. The molecule has 1 aromatic rings. The maximum atomic E-state index is 9.32. The van der Waals surface area contributed by atoms with Crippen LogP contribution in [0.4, 0.5) is 5.69 Å². The number of phenols is 1. The van der Waals surface area contributed by atoms with E-state index in [9.17, 15) is 5.11 Å². The monoisotopic (exact) mass is 167 g/mol. The molecule has 1 aromatic carbocycles. The van der Waals surface area contributed by atoms with Gasteiger partial charge in [0.25, 0.3) is 0 Å².